The Morgan fingerprint density at radius 3 is 2.39 bits per heavy atom. The van der Waals surface area contributed by atoms with Gasteiger partial charge in [-0.3, -0.25) is 5.32 Å². The second-order valence-corrected chi connectivity index (χ2v) is 6.12. The quantitative estimate of drug-likeness (QED) is 0.829. The number of nitrogens with one attached hydrogen (secondary N) is 1. The second-order valence-electron chi connectivity index (χ2n) is 6.12. The van der Waals surface area contributed by atoms with Crippen molar-refractivity contribution in [3.05, 3.63) is 48.0 Å². The molecule has 0 spiro atoms. The van der Waals surface area contributed by atoms with Gasteiger partial charge in [0.15, 0.2) is 0 Å². The number of ether oxygens (including phenoxy) is 1. The molecule has 0 radical (unpaired) electrons. The summed E-state index contributed by atoms with van der Waals surface area (Å²) in [6, 6.07) is 11.0. The summed E-state index contributed by atoms with van der Waals surface area (Å²) in [6.45, 7) is 5.41. The van der Waals surface area contributed by atoms with Gasteiger partial charge < -0.3 is 9.84 Å². The first-order chi connectivity index (χ1) is 10.7. The van der Waals surface area contributed by atoms with Crippen LogP contribution in [0.25, 0.3) is 16.8 Å². The maximum absolute atomic E-state index is 11.8. The number of carboxylic acids is 1. The molecule has 0 saturated heterocycles. The van der Waals surface area contributed by atoms with E-state index in [-0.39, 0.29) is 0 Å². The molecule has 1 amide bonds. The largest absolute Gasteiger partial charge is 0.478 e. The molecule has 5 nitrogen and oxygen atoms in total. The molecule has 0 aliphatic heterocycles. The first-order valence-corrected chi connectivity index (χ1v) is 7.18. The minimum Gasteiger partial charge on any atom is -0.478 e. The second kappa shape index (κ2) is 6.52. The molecule has 2 rings (SSSR count). The number of hydrogen-bond donors (Lipinski definition) is 2. The van der Waals surface area contributed by atoms with Gasteiger partial charge >= 0.3 is 12.1 Å². The average Bonchev–Trinajstić information content (AvgIpc) is 2.42. The molecule has 0 aliphatic rings. The van der Waals surface area contributed by atoms with E-state index in [4.69, 9.17) is 9.84 Å². The van der Waals surface area contributed by atoms with Gasteiger partial charge in [-0.1, -0.05) is 18.2 Å². The van der Waals surface area contributed by atoms with Crippen molar-refractivity contribution in [2.45, 2.75) is 26.4 Å². The number of carbonyl (C=O) groups excluding carboxylic acids is 1. The minimum absolute atomic E-state index is 0.502. The summed E-state index contributed by atoms with van der Waals surface area (Å²) in [6.07, 6.45) is 2.13. The average molecular weight is 313 g/mol. The van der Waals surface area contributed by atoms with Crippen molar-refractivity contribution < 1.29 is 19.4 Å². The molecule has 0 atom stereocenters. The summed E-state index contributed by atoms with van der Waals surface area (Å²) in [4.78, 5) is 22.3. The summed E-state index contributed by atoms with van der Waals surface area (Å²) in [5.74, 6) is -0.984. The molecule has 0 fully saturated rings. The van der Waals surface area contributed by atoms with E-state index in [0.717, 1.165) is 22.4 Å². The summed E-state index contributed by atoms with van der Waals surface area (Å²) >= 11 is 0. The van der Waals surface area contributed by atoms with Crippen LogP contribution in [0.1, 0.15) is 26.3 Å². The van der Waals surface area contributed by atoms with Crippen molar-refractivity contribution in [2.75, 3.05) is 5.32 Å². The van der Waals surface area contributed by atoms with Gasteiger partial charge in [0.2, 0.25) is 0 Å². The molecule has 2 N–H and O–H groups in total. The SMILES string of the molecule is CC(C)(C)OC(=O)Nc1ccc2cc(C=CC(=O)O)ccc2c1. The predicted molar refractivity (Wildman–Crippen MR) is 90.5 cm³/mol. The monoisotopic (exact) mass is 313 g/mol. The van der Waals surface area contributed by atoms with Crippen LogP contribution in [0.5, 0.6) is 0 Å². The summed E-state index contributed by atoms with van der Waals surface area (Å²) in [7, 11) is 0. The van der Waals surface area contributed by atoms with Crippen LogP contribution in [0.3, 0.4) is 0 Å². The number of anilines is 1. The molecule has 120 valence electrons. The van der Waals surface area contributed by atoms with Gasteiger partial charge in [-0.05, 0) is 61.4 Å². The maximum Gasteiger partial charge on any atom is 0.412 e. The van der Waals surface area contributed by atoms with Gasteiger partial charge in [0.05, 0.1) is 0 Å². The lowest BCUT2D eigenvalue weighted by Gasteiger charge is -2.19. The molecule has 0 saturated carbocycles. The zero-order valence-corrected chi connectivity index (χ0v) is 13.3. The van der Waals surface area contributed by atoms with E-state index in [1.165, 1.54) is 6.08 Å². The maximum atomic E-state index is 11.8. The molecule has 0 heterocycles. The van der Waals surface area contributed by atoms with Crippen molar-refractivity contribution in [2.24, 2.45) is 0 Å². The zero-order chi connectivity index (χ0) is 17.0. The Bertz CT molecular complexity index is 772. The highest BCUT2D eigenvalue weighted by Crippen LogP contribution is 2.22. The molecule has 0 aliphatic carbocycles. The highest BCUT2D eigenvalue weighted by atomic mass is 16.6. The molecule has 0 unspecified atom stereocenters. The van der Waals surface area contributed by atoms with Crippen molar-refractivity contribution in [3.8, 4) is 0 Å². The van der Waals surface area contributed by atoms with Crippen molar-refractivity contribution in [3.63, 3.8) is 0 Å². The summed E-state index contributed by atoms with van der Waals surface area (Å²) in [5, 5.41) is 13.2. The van der Waals surface area contributed by atoms with E-state index in [2.05, 4.69) is 5.32 Å². The molecule has 0 bridgehead atoms. The lowest BCUT2D eigenvalue weighted by atomic mass is 10.1. The summed E-state index contributed by atoms with van der Waals surface area (Å²) < 4.78 is 5.21. The Morgan fingerprint density at radius 1 is 1.09 bits per heavy atom. The van der Waals surface area contributed by atoms with Crippen LogP contribution in [0.15, 0.2) is 42.5 Å². The number of carboxylic acid groups (broad SMARTS) is 1. The Hall–Kier alpha value is -2.82. The number of aliphatic carboxylic acids is 1. The van der Waals surface area contributed by atoms with Gasteiger partial charge in [0.1, 0.15) is 5.60 Å². The predicted octanol–water partition coefficient (Wildman–Crippen LogP) is 4.28. The van der Waals surface area contributed by atoms with Crippen LogP contribution in [0.2, 0.25) is 0 Å². The van der Waals surface area contributed by atoms with Crippen molar-refractivity contribution >= 4 is 34.6 Å². The van der Waals surface area contributed by atoms with Gasteiger partial charge in [-0.25, -0.2) is 9.59 Å². The fourth-order valence-electron chi connectivity index (χ4n) is 2.03. The van der Waals surface area contributed by atoms with Gasteiger partial charge in [0, 0.05) is 11.8 Å². The highest BCUT2D eigenvalue weighted by molar-refractivity contribution is 5.93. The van der Waals surface area contributed by atoms with E-state index < -0.39 is 17.7 Å². The molecule has 2 aromatic carbocycles. The minimum atomic E-state index is -0.984. The standard InChI is InChI=1S/C18H19NO4/c1-18(2,3)23-17(22)19-15-8-7-13-10-12(5-9-16(20)21)4-6-14(13)11-15/h4-11H,1-3H3,(H,19,22)(H,20,21). The third kappa shape index (κ3) is 5.14. The van der Waals surface area contributed by atoms with Crippen LogP contribution in [0, 0.1) is 0 Å². The van der Waals surface area contributed by atoms with Crippen LogP contribution < -0.4 is 5.32 Å². The normalized spacial score (nSPS) is 11.6. The fourth-order valence-corrected chi connectivity index (χ4v) is 2.03. The number of rotatable bonds is 3. The molecule has 5 heteroatoms. The number of amides is 1. The lowest BCUT2D eigenvalue weighted by molar-refractivity contribution is -0.131. The molecular weight excluding hydrogens is 294 g/mol. The first-order valence-electron chi connectivity index (χ1n) is 7.18. The Balaban J connectivity index is 2.18. The fraction of sp³-hybridized carbons (Fsp3) is 0.222. The number of carbonyl (C=O) groups is 2. The Labute approximate surface area is 134 Å². The molecule has 2 aromatic rings. The smallest absolute Gasteiger partial charge is 0.412 e. The van der Waals surface area contributed by atoms with Crippen LogP contribution >= 0.6 is 0 Å². The summed E-state index contributed by atoms with van der Waals surface area (Å²) in [5.41, 5.74) is 0.889. The Kier molecular flexibility index (Phi) is 4.69. The number of benzene rings is 2. The van der Waals surface area contributed by atoms with E-state index in [1.54, 1.807) is 26.8 Å². The molecule has 0 aromatic heterocycles. The van der Waals surface area contributed by atoms with Crippen LogP contribution in [0.4, 0.5) is 10.5 Å². The van der Waals surface area contributed by atoms with E-state index in [1.807, 2.05) is 30.3 Å². The number of hydrogen-bond acceptors (Lipinski definition) is 3. The van der Waals surface area contributed by atoms with Gasteiger partial charge in [-0.15, -0.1) is 0 Å². The van der Waals surface area contributed by atoms with E-state index >= 15 is 0 Å². The topological polar surface area (TPSA) is 75.6 Å². The van der Waals surface area contributed by atoms with Crippen molar-refractivity contribution in [1.29, 1.82) is 0 Å². The third-order valence-corrected chi connectivity index (χ3v) is 2.93. The highest BCUT2D eigenvalue weighted by Gasteiger charge is 2.16. The number of fused-ring (bicyclic) bond motifs is 1. The molecule has 23 heavy (non-hydrogen) atoms. The van der Waals surface area contributed by atoms with Gasteiger partial charge in [0.25, 0.3) is 0 Å². The van der Waals surface area contributed by atoms with E-state index in [0.29, 0.717) is 5.69 Å². The van der Waals surface area contributed by atoms with Crippen LogP contribution in [-0.2, 0) is 9.53 Å². The van der Waals surface area contributed by atoms with Crippen LogP contribution in [-0.4, -0.2) is 22.8 Å². The lowest BCUT2D eigenvalue weighted by Crippen LogP contribution is -2.27. The molecular formula is C18H19NO4. The van der Waals surface area contributed by atoms with Crippen molar-refractivity contribution in [1.82, 2.24) is 0 Å². The third-order valence-electron chi connectivity index (χ3n) is 2.93. The first kappa shape index (κ1) is 16.5. The van der Waals surface area contributed by atoms with E-state index in [9.17, 15) is 9.59 Å². The Morgan fingerprint density at radius 2 is 1.74 bits per heavy atom. The zero-order valence-electron chi connectivity index (χ0n) is 13.3. The van der Waals surface area contributed by atoms with Gasteiger partial charge in [-0.2, -0.15) is 0 Å².